The predicted molar refractivity (Wildman–Crippen MR) is 115 cm³/mol. The Hall–Kier alpha value is -3.22. The van der Waals surface area contributed by atoms with E-state index in [-0.39, 0.29) is 5.91 Å². The summed E-state index contributed by atoms with van der Waals surface area (Å²) in [6, 6.07) is 13.5. The molecule has 29 heavy (non-hydrogen) atoms. The van der Waals surface area contributed by atoms with E-state index >= 15 is 0 Å². The molecule has 1 aliphatic rings. The van der Waals surface area contributed by atoms with E-state index in [1.54, 1.807) is 12.3 Å². The second-order valence-corrected chi connectivity index (χ2v) is 7.61. The monoisotopic (exact) mass is 390 g/mol. The molecule has 0 aliphatic carbocycles. The van der Waals surface area contributed by atoms with Crippen molar-refractivity contribution in [3.8, 4) is 0 Å². The maximum Gasteiger partial charge on any atom is 0.269 e. The van der Waals surface area contributed by atoms with Crippen molar-refractivity contribution in [2.45, 2.75) is 12.8 Å². The molecule has 1 N–H and O–H groups in total. The minimum atomic E-state index is -0.110. The van der Waals surface area contributed by atoms with Gasteiger partial charge in [-0.25, -0.2) is 4.98 Å². The van der Waals surface area contributed by atoms with E-state index in [0.29, 0.717) is 18.2 Å². The van der Waals surface area contributed by atoms with Crippen LogP contribution < -0.4 is 15.1 Å². The minimum Gasteiger partial charge on any atom is -0.362 e. The lowest BCUT2D eigenvalue weighted by Crippen LogP contribution is -2.39. The highest BCUT2D eigenvalue weighted by atomic mass is 16.1. The molecule has 0 saturated carbocycles. The molecule has 0 spiro atoms. The predicted octanol–water partition coefficient (Wildman–Crippen LogP) is 2.74. The minimum absolute atomic E-state index is 0.110. The van der Waals surface area contributed by atoms with E-state index in [2.05, 4.69) is 21.3 Å². The Morgan fingerprint density at radius 3 is 2.59 bits per heavy atom. The second-order valence-electron chi connectivity index (χ2n) is 7.61. The highest BCUT2D eigenvalue weighted by Gasteiger charge is 2.23. The molecule has 7 nitrogen and oxygen atoms in total. The third-order valence-electron chi connectivity index (χ3n) is 5.34. The summed E-state index contributed by atoms with van der Waals surface area (Å²) in [5.41, 5.74) is 1.43. The number of para-hydroxylation sites is 1. The van der Waals surface area contributed by atoms with Crippen LogP contribution in [-0.4, -0.2) is 54.6 Å². The number of anilines is 2. The van der Waals surface area contributed by atoms with Gasteiger partial charge in [0.1, 0.15) is 11.5 Å². The molecule has 3 heterocycles. The summed E-state index contributed by atoms with van der Waals surface area (Å²) in [6.45, 7) is 2.44. The summed E-state index contributed by atoms with van der Waals surface area (Å²) in [4.78, 5) is 30.2. The summed E-state index contributed by atoms with van der Waals surface area (Å²) < 4.78 is 0. The number of pyridine rings is 1. The SMILES string of the molecule is CN(C)c1nc(N2CCC(CNC(=O)c3ccccn3)CC2)nc2ccccc12. The lowest BCUT2D eigenvalue weighted by Gasteiger charge is -2.32. The summed E-state index contributed by atoms with van der Waals surface area (Å²) in [6.07, 6.45) is 3.63. The van der Waals surface area contributed by atoms with Gasteiger partial charge in [-0.3, -0.25) is 9.78 Å². The van der Waals surface area contributed by atoms with Crippen LogP contribution in [0.15, 0.2) is 48.7 Å². The first-order valence-corrected chi connectivity index (χ1v) is 10.00. The van der Waals surface area contributed by atoms with Gasteiger partial charge in [0.15, 0.2) is 0 Å². The fraction of sp³-hybridized carbons (Fsp3) is 0.364. The van der Waals surface area contributed by atoms with Gasteiger partial charge < -0.3 is 15.1 Å². The fourth-order valence-electron chi connectivity index (χ4n) is 3.69. The lowest BCUT2D eigenvalue weighted by atomic mass is 9.97. The quantitative estimate of drug-likeness (QED) is 0.722. The number of carbonyl (C=O) groups excluding carboxylic acids is 1. The third-order valence-corrected chi connectivity index (χ3v) is 5.34. The molecule has 1 aliphatic heterocycles. The zero-order valence-electron chi connectivity index (χ0n) is 16.9. The van der Waals surface area contributed by atoms with Gasteiger partial charge in [-0.1, -0.05) is 18.2 Å². The number of rotatable bonds is 5. The Morgan fingerprint density at radius 1 is 1.10 bits per heavy atom. The molecule has 0 bridgehead atoms. The summed E-state index contributed by atoms with van der Waals surface area (Å²) in [7, 11) is 4.02. The van der Waals surface area contributed by atoms with Crippen molar-refractivity contribution >= 4 is 28.6 Å². The third kappa shape index (κ3) is 4.29. The van der Waals surface area contributed by atoms with Crippen molar-refractivity contribution < 1.29 is 4.79 Å². The molecule has 0 atom stereocenters. The topological polar surface area (TPSA) is 74.2 Å². The Morgan fingerprint density at radius 2 is 1.86 bits per heavy atom. The average Bonchev–Trinajstić information content (AvgIpc) is 2.77. The number of aromatic nitrogens is 3. The van der Waals surface area contributed by atoms with E-state index in [1.165, 1.54) is 0 Å². The van der Waals surface area contributed by atoms with E-state index in [4.69, 9.17) is 9.97 Å². The van der Waals surface area contributed by atoms with E-state index < -0.39 is 0 Å². The molecule has 1 amide bonds. The Balaban J connectivity index is 1.39. The molecule has 0 radical (unpaired) electrons. The number of hydrogen-bond acceptors (Lipinski definition) is 6. The van der Waals surface area contributed by atoms with E-state index in [0.717, 1.165) is 48.6 Å². The van der Waals surface area contributed by atoms with Gasteiger partial charge in [0.25, 0.3) is 5.91 Å². The summed E-state index contributed by atoms with van der Waals surface area (Å²) in [5.74, 6) is 2.06. The standard InChI is InChI=1S/C22H26N6O/c1-27(2)20-17-7-3-4-8-18(17)25-22(26-20)28-13-10-16(11-14-28)15-24-21(29)19-9-5-6-12-23-19/h3-9,12,16H,10-11,13-15H2,1-2H3,(H,24,29). The number of piperidine rings is 1. The van der Waals surface area contributed by atoms with Gasteiger partial charge in [-0.05, 0) is 43.0 Å². The highest BCUT2D eigenvalue weighted by Crippen LogP contribution is 2.27. The van der Waals surface area contributed by atoms with Crippen molar-refractivity contribution in [3.63, 3.8) is 0 Å². The van der Waals surface area contributed by atoms with Crippen molar-refractivity contribution in [2.24, 2.45) is 5.92 Å². The van der Waals surface area contributed by atoms with Crippen LogP contribution in [-0.2, 0) is 0 Å². The van der Waals surface area contributed by atoms with Gasteiger partial charge in [-0.15, -0.1) is 0 Å². The first-order chi connectivity index (χ1) is 14.1. The van der Waals surface area contributed by atoms with Crippen molar-refractivity contribution in [1.82, 2.24) is 20.3 Å². The van der Waals surface area contributed by atoms with E-state index in [1.807, 2.05) is 49.3 Å². The average molecular weight is 390 g/mol. The van der Waals surface area contributed by atoms with Gasteiger partial charge in [0.05, 0.1) is 5.52 Å². The number of nitrogens with one attached hydrogen (secondary N) is 1. The smallest absolute Gasteiger partial charge is 0.269 e. The second kappa shape index (κ2) is 8.43. The van der Waals surface area contributed by atoms with Crippen LogP contribution >= 0.6 is 0 Å². The molecule has 2 aromatic heterocycles. The van der Waals surface area contributed by atoms with E-state index in [9.17, 15) is 4.79 Å². The lowest BCUT2D eigenvalue weighted by molar-refractivity contribution is 0.0940. The molecule has 1 saturated heterocycles. The molecule has 4 rings (SSSR count). The first kappa shape index (κ1) is 19.1. The Labute approximate surface area is 170 Å². The molecule has 7 heteroatoms. The molecular formula is C22H26N6O. The maximum absolute atomic E-state index is 12.2. The number of amides is 1. The summed E-state index contributed by atoms with van der Waals surface area (Å²) >= 11 is 0. The van der Waals surface area contributed by atoms with Gasteiger partial charge in [-0.2, -0.15) is 4.98 Å². The zero-order chi connectivity index (χ0) is 20.2. The van der Waals surface area contributed by atoms with Gasteiger partial charge in [0, 0.05) is 45.3 Å². The van der Waals surface area contributed by atoms with Gasteiger partial charge in [0.2, 0.25) is 5.95 Å². The van der Waals surface area contributed by atoms with Crippen LogP contribution in [0.5, 0.6) is 0 Å². The maximum atomic E-state index is 12.2. The molecular weight excluding hydrogens is 364 g/mol. The Bertz CT molecular complexity index is 983. The molecule has 150 valence electrons. The van der Waals surface area contributed by atoms with Crippen LogP contribution in [0.2, 0.25) is 0 Å². The van der Waals surface area contributed by atoms with Gasteiger partial charge >= 0.3 is 0 Å². The highest BCUT2D eigenvalue weighted by molar-refractivity contribution is 5.92. The fourth-order valence-corrected chi connectivity index (χ4v) is 3.69. The van der Waals surface area contributed by atoms with Crippen molar-refractivity contribution in [2.75, 3.05) is 43.5 Å². The number of benzene rings is 1. The molecule has 0 unspecified atom stereocenters. The molecule has 1 aromatic carbocycles. The van der Waals surface area contributed by atoms with Crippen LogP contribution in [0.1, 0.15) is 23.3 Å². The van der Waals surface area contributed by atoms with Crippen molar-refractivity contribution in [3.05, 3.63) is 54.4 Å². The number of carbonyl (C=O) groups is 1. The first-order valence-electron chi connectivity index (χ1n) is 10.00. The van der Waals surface area contributed by atoms with Crippen LogP contribution in [0.3, 0.4) is 0 Å². The number of fused-ring (bicyclic) bond motifs is 1. The van der Waals surface area contributed by atoms with Crippen molar-refractivity contribution in [1.29, 1.82) is 0 Å². The van der Waals surface area contributed by atoms with Crippen LogP contribution in [0, 0.1) is 5.92 Å². The normalized spacial score (nSPS) is 14.8. The molecule has 1 fully saturated rings. The largest absolute Gasteiger partial charge is 0.362 e. The number of hydrogen-bond donors (Lipinski definition) is 1. The zero-order valence-corrected chi connectivity index (χ0v) is 16.9. The number of nitrogens with zero attached hydrogens (tertiary/aromatic N) is 5. The van der Waals surface area contributed by atoms with Crippen LogP contribution in [0.25, 0.3) is 10.9 Å². The molecule has 3 aromatic rings. The summed E-state index contributed by atoms with van der Waals surface area (Å²) in [5, 5.41) is 4.08. The Kier molecular flexibility index (Phi) is 5.55. The van der Waals surface area contributed by atoms with Crippen LogP contribution in [0.4, 0.5) is 11.8 Å².